The molecule has 180 valence electrons. The molecule has 1 fully saturated rings. The van der Waals surface area contributed by atoms with Gasteiger partial charge in [-0.25, -0.2) is 0 Å². The van der Waals surface area contributed by atoms with E-state index in [4.69, 9.17) is 63.7 Å². The van der Waals surface area contributed by atoms with Gasteiger partial charge in [-0.05, 0) is 53.6 Å². The lowest BCUT2D eigenvalue weighted by atomic mass is 9.89. The number of alkyl halides is 2. The minimum atomic E-state index is -1.64. The third kappa shape index (κ3) is 4.32. The molecule has 2 atom stereocenters. The summed E-state index contributed by atoms with van der Waals surface area (Å²) in [5.41, 5.74) is 5.23. The van der Waals surface area contributed by atoms with Gasteiger partial charge in [0.1, 0.15) is 9.75 Å². The number of nitro groups is 1. The number of nitro benzene ring substituents is 1. The Morgan fingerprint density at radius 3 is 2.09 bits per heavy atom. The Kier molecular flexibility index (Phi) is 6.68. The van der Waals surface area contributed by atoms with Crippen molar-refractivity contribution in [1.82, 2.24) is 0 Å². The number of carbonyl (C=O) groups excluding carboxylic acids is 2. The molecule has 12 heteroatoms. The third-order valence-electron chi connectivity index (χ3n) is 5.86. The largest absolute Gasteiger partial charge is 0.369 e. The molecule has 35 heavy (non-hydrogen) atoms. The van der Waals surface area contributed by atoms with Gasteiger partial charge >= 0.3 is 0 Å². The number of benzene rings is 3. The number of halogens is 5. The second-order valence-electron chi connectivity index (χ2n) is 7.88. The van der Waals surface area contributed by atoms with Gasteiger partial charge < -0.3 is 11.1 Å². The van der Waals surface area contributed by atoms with Gasteiger partial charge in [0.15, 0.2) is 0 Å². The van der Waals surface area contributed by atoms with Crippen molar-refractivity contribution in [2.45, 2.75) is 15.7 Å². The summed E-state index contributed by atoms with van der Waals surface area (Å²) in [6, 6.07) is 14.2. The van der Waals surface area contributed by atoms with E-state index >= 15 is 0 Å². The van der Waals surface area contributed by atoms with Crippen LogP contribution < -0.4 is 11.1 Å². The highest BCUT2D eigenvalue weighted by Crippen LogP contribution is 2.74. The normalized spacial score (nSPS) is 20.2. The Bertz CT molecular complexity index is 1360. The number of primary amides is 1. The fourth-order valence-electron chi connectivity index (χ4n) is 4.21. The predicted molar refractivity (Wildman–Crippen MR) is 137 cm³/mol. The predicted octanol–water partition coefficient (Wildman–Crippen LogP) is 6.50. The molecular formula is C23H14Cl5N3O4. The second-order valence-corrected chi connectivity index (χ2v) is 10.5. The topological polar surface area (TPSA) is 115 Å². The average Bonchev–Trinajstić information content (AvgIpc) is 3.32. The summed E-state index contributed by atoms with van der Waals surface area (Å²) in [5.74, 6) is -2.16. The van der Waals surface area contributed by atoms with Crippen LogP contribution in [-0.2, 0) is 10.2 Å². The molecular weight excluding hydrogens is 560 g/mol. The molecule has 0 radical (unpaired) electrons. The lowest BCUT2D eigenvalue weighted by Gasteiger charge is -2.18. The van der Waals surface area contributed by atoms with E-state index in [1.54, 1.807) is 18.2 Å². The molecule has 0 aromatic heterocycles. The molecule has 1 aliphatic rings. The Balaban J connectivity index is 1.72. The summed E-state index contributed by atoms with van der Waals surface area (Å²) in [4.78, 5) is 35.8. The zero-order valence-corrected chi connectivity index (χ0v) is 21.2. The first-order valence-electron chi connectivity index (χ1n) is 9.89. The summed E-state index contributed by atoms with van der Waals surface area (Å²) in [5, 5.41) is 14.3. The van der Waals surface area contributed by atoms with Crippen molar-refractivity contribution in [3.63, 3.8) is 0 Å². The van der Waals surface area contributed by atoms with E-state index in [0.29, 0.717) is 21.2 Å². The van der Waals surface area contributed by atoms with Crippen molar-refractivity contribution in [3.8, 4) is 0 Å². The number of nitrogens with zero attached hydrogens (tertiary/aromatic N) is 1. The first kappa shape index (κ1) is 25.5. The van der Waals surface area contributed by atoms with Crippen LogP contribution in [0.5, 0.6) is 0 Å². The lowest BCUT2D eigenvalue weighted by molar-refractivity contribution is -0.384. The Labute approximate surface area is 224 Å². The molecule has 0 spiro atoms. The SMILES string of the molecule is NC(=O)C1(c2ccc(Cl)c(NC(=O)c3ccc([N+](=O)[O-])cc3)c2)C(c2cc(Cl)cc(Cl)c2)C1(Cl)Cl. The van der Waals surface area contributed by atoms with E-state index in [9.17, 15) is 19.7 Å². The fraction of sp³-hybridized carbons (Fsp3) is 0.130. The Hall–Kier alpha value is -2.55. The highest BCUT2D eigenvalue weighted by molar-refractivity contribution is 6.55. The summed E-state index contributed by atoms with van der Waals surface area (Å²) >= 11 is 31.8. The summed E-state index contributed by atoms with van der Waals surface area (Å²) in [6.07, 6.45) is 0. The van der Waals surface area contributed by atoms with Crippen LogP contribution in [0, 0.1) is 10.1 Å². The number of amides is 2. The summed E-state index contributed by atoms with van der Waals surface area (Å²) < 4.78 is -1.64. The molecule has 1 aliphatic carbocycles. The number of nitrogens with two attached hydrogens (primary N) is 1. The van der Waals surface area contributed by atoms with Crippen LogP contribution in [0.25, 0.3) is 0 Å². The number of hydrogen-bond acceptors (Lipinski definition) is 4. The average molecular weight is 574 g/mol. The molecule has 3 aromatic carbocycles. The van der Waals surface area contributed by atoms with Gasteiger partial charge in [-0.3, -0.25) is 19.7 Å². The summed E-state index contributed by atoms with van der Waals surface area (Å²) in [7, 11) is 0. The van der Waals surface area contributed by atoms with Crippen molar-refractivity contribution in [2.75, 3.05) is 5.32 Å². The third-order valence-corrected chi connectivity index (χ3v) is 7.65. The van der Waals surface area contributed by atoms with Crippen molar-refractivity contribution in [3.05, 3.63) is 103 Å². The van der Waals surface area contributed by atoms with Crippen LogP contribution in [0.1, 0.15) is 27.4 Å². The van der Waals surface area contributed by atoms with Crippen LogP contribution in [0.4, 0.5) is 11.4 Å². The summed E-state index contributed by atoms with van der Waals surface area (Å²) in [6.45, 7) is 0. The number of rotatable bonds is 6. The minimum absolute atomic E-state index is 0.156. The van der Waals surface area contributed by atoms with E-state index in [1.807, 2.05) is 0 Å². The van der Waals surface area contributed by atoms with Gasteiger partial charge in [0, 0.05) is 33.7 Å². The molecule has 2 amide bonds. The molecule has 0 aliphatic heterocycles. The van der Waals surface area contributed by atoms with Gasteiger partial charge in [0.2, 0.25) is 5.91 Å². The van der Waals surface area contributed by atoms with E-state index in [1.165, 1.54) is 42.5 Å². The Morgan fingerprint density at radius 1 is 0.943 bits per heavy atom. The molecule has 7 nitrogen and oxygen atoms in total. The Morgan fingerprint density at radius 2 is 1.54 bits per heavy atom. The zero-order valence-electron chi connectivity index (χ0n) is 17.4. The van der Waals surface area contributed by atoms with E-state index in [2.05, 4.69) is 5.32 Å². The van der Waals surface area contributed by atoms with Crippen molar-refractivity contribution in [1.29, 1.82) is 0 Å². The van der Waals surface area contributed by atoms with Gasteiger partial charge in [-0.1, -0.05) is 64.1 Å². The van der Waals surface area contributed by atoms with Gasteiger partial charge in [-0.2, -0.15) is 0 Å². The molecule has 1 saturated carbocycles. The minimum Gasteiger partial charge on any atom is -0.369 e. The van der Waals surface area contributed by atoms with Crippen LogP contribution in [-0.4, -0.2) is 21.1 Å². The smallest absolute Gasteiger partial charge is 0.269 e. The molecule has 0 heterocycles. The molecule has 2 unspecified atom stereocenters. The van der Waals surface area contributed by atoms with Crippen molar-refractivity contribution >= 4 is 81.2 Å². The quantitative estimate of drug-likeness (QED) is 0.199. The highest BCUT2D eigenvalue weighted by Gasteiger charge is 2.80. The van der Waals surface area contributed by atoms with Crippen molar-refractivity contribution in [2.24, 2.45) is 5.73 Å². The maximum atomic E-state index is 12.8. The lowest BCUT2D eigenvalue weighted by Crippen LogP contribution is -2.34. The number of non-ortho nitro benzene ring substituents is 1. The molecule has 0 saturated heterocycles. The molecule has 0 bridgehead atoms. The van der Waals surface area contributed by atoms with E-state index < -0.39 is 32.4 Å². The molecule has 4 rings (SSSR count). The van der Waals surface area contributed by atoms with Crippen LogP contribution >= 0.6 is 58.0 Å². The first-order valence-corrected chi connectivity index (χ1v) is 11.8. The number of hydrogen-bond donors (Lipinski definition) is 2. The molecule has 3 N–H and O–H groups in total. The zero-order chi connectivity index (χ0) is 25.7. The molecule has 3 aromatic rings. The van der Waals surface area contributed by atoms with E-state index in [0.717, 1.165) is 0 Å². The van der Waals surface area contributed by atoms with Crippen LogP contribution in [0.3, 0.4) is 0 Å². The second kappa shape index (κ2) is 9.15. The standard InChI is InChI=1S/C23H14Cl5N3O4/c24-14-7-12(8-15(25)10-14)19-22(21(29)33,23(19,27)28)13-3-6-17(26)18(9-13)30-20(32)11-1-4-16(5-2-11)31(34)35/h1-10,19H,(H2,29,33)(H,30,32). The first-order chi connectivity index (χ1) is 16.4. The maximum absolute atomic E-state index is 12.8. The fourth-order valence-corrected chi connectivity index (χ4v) is 6.01. The number of carbonyl (C=O) groups is 2. The number of anilines is 1. The monoisotopic (exact) mass is 571 g/mol. The van der Waals surface area contributed by atoms with E-state index in [-0.39, 0.29) is 22.0 Å². The maximum Gasteiger partial charge on any atom is 0.269 e. The highest BCUT2D eigenvalue weighted by atomic mass is 35.5. The van der Waals surface area contributed by atoms with Crippen LogP contribution in [0.15, 0.2) is 60.7 Å². The van der Waals surface area contributed by atoms with Gasteiger partial charge in [-0.15, -0.1) is 0 Å². The van der Waals surface area contributed by atoms with Crippen molar-refractivity contribution < 1.29 is 14.5 Å². The van der Waals surface area contributed by atoms with Gasteiger partial charge in [0.25, 0.3) is 11.6 Å². The van der Waals surface area contributed by atoms with Crippen LogP contribution in [0.2, 0.25) is 15.1 Å². The van der Waals surface area contributed by atoms with Gasteiger partial charge in [0.05, 0.1) is 15.6 Å². The number of nitrogens with one attached hydrogen (secondary N) is 1.